The number of benzene rings is 1. The van der Waals surface area contributed by atoms with Crippen molar-refractivity contribution in [3.63, 3.8) is 0 Å². The molecule has 5 heteroatoms. The molecule has 2 rings (SSSR count). The van der Waals surface area contributed by atoms with Gasteiger partial charge in [0.1, 0.15) is 0 Å². The highest BCUT2D eigenvalue weighted by Crippen LogP contribution is 2.28. The summed E-state index contributed by atoms with van der Waals surface area (Å²) in [6.45, 7) is 0. The summed E-state index contributed by atoms with van der Waals surface area (Å²) in [5, 5.41) is 7.79. The minimum Gasteiger partial charge on any atom is -0.412 e. The van der Waals surface area contributed by atoms with Gasteiger partial charge in [0.25, 0.3) is 3.90 Å². The molecule has 1 heterocycles. The predicted molar refractivity (Wildman–Crippen MR) is 64.2 cm³/mol. The van der Waals surface area contributed by atoms with E-state index in [1.54, 1.807) is 11.8 Å². The molecular weight excluding hydrogens is 311 g/mol. The molecule has 0 bridgehead atoms. The van der Waals surface area contributed by atoms with Crippen molar-refractivity contribution in [3.05, 3.63) is 28.2 Å². The van der Waals surface area contributed by atoms with Crippen LogP contribution in [0.25, 0.3) is 11.5 Å². The fraction of sp³-hybridized carbons (Fsp3) is 0.111. The van der Waals surface area contributed by atoms with Gasteiger partial charge >= 0.3 is 0 Å². The zero-order valence-corrected chi connectivity index (χ0v) is 10.4. The Labute approximate surface area is 99.4 Å². The van der Waals surface area contributed by atoms with Crippen molar-refractivity contribution in [3.8, 4) is 11.5 Å². The topological polar surface area (TPSA) is 38.9 Å². The molecule has 0 aliphatic carbocycles. The maximum atomic E-state index is 5.36. The van der Waals surface area contributed by atoms with Crippen LogP contribution in [0.4, 0.5) is 0 Å². The molecule has 2 aromatic rings. The monoisotopic (exact) mass is 318 g/mol. The summed E-state index contributed by atoms with van der Waals surface area (Å²) in [4.78, 5) is 1.15. The fourth-order valence-corrected chi connectivity index (χ4v) is 2.04. The van der Waals surface area contributed by atoms with E-state index in [4.69, 9.17) is 4.42 Å². The highest BCUT2D eigenvalue weighted by Gasteiger charge is 2.09. The van der Waals surface area contributed by atoms with E-state index < -0.39 is 0 Å². The fourth-order valence-electron chi connectivity index (χ4n) is 1.14. The molecule has 0 aliphatic rings. The van der Waals surface area contributed by atoms with Crippen LogP contribution in [0, 0.1) is 3.90 Å². The molecule has 0 radical (unpaired) electrons. The van der Waals surface area contributed by atoms with Crippen LogP contribution in [-0.2, 0) is 0 Å². The van der Waals surface area contributed by atoms with Gasteiger partial charge in [-0.3, -0.25) is 0 Å². The molecular formula is C9H7IN2OS. The average Bonchev–Trinajstić information content (AvgIpc) is 2.65. The summed E-state index contributed by atoms with van der Waals surface area (Å²) in [5.41, 5.74) is 0.996. The Bertz CT molecular complexity index is 444. The van der Waals surface area contributed by atoms with Gasteiger partial charge in [-0.25, -0.2) is 0 Å². The van der Waals surface area contributed by atoms with Crippen LogP contribution in [-0.4, -0.2) is 16.5 Å². The molecule has 14 heavy (non-hydrogen) atoms. The second-order valence-electron chi connectivity index (χ2n) is 2.56. The number of hydrogen-bond acceptors (Lipinski definition) is 4. The molecule has 3 nitrogen and oxygen atoms in total. The molecule has 0 N–H and O–H groups in total. The molecule has 72 valence electrons. The highest BCUT2D eigenvalue weighted by atomic mass is 127. The summed E-state index contributed by atoms with van der Waals surface area (Å²) in [6.07, 6.45) is 2.03. The van der Waals surface area contributed by atoms with Crippen LogP contribution in [0.1, 0.15) is 0 Å². The number of rotatable bonds is 2. The van der Waals surface area contributed by atoms with Gasteiger partial charge < -0.3 is 4.42 Å². The largest absolute Gasteiger partial charge is 0.412 e. The second kappa shape index (κ2) is 4.31. The number of nitrogens with zero attached hydrogens (tertiary/aromatic N) is 2. The average molecular weight is 318 g/mol. The van der Waals surface area contributed by atoms with Gasteiger partial charge in [-0.1, -0.05) is 12.1 Å². The predicted octanol–water partition coefficient (Wildman–Crippen LogP) is 3.06. The normalized spacial score (nSPS) is 10.4. The van der Waals surface area contributed by atoms with Crippen LogP contribution in [0.3, 0.4) is 0 Å². The maximum Gasteiger partial charge on any atom is 0.278 e. The van der Waals surface area contributed by atoms with Crippen molar-refractivity contribution in [2.45, 2.75) is 4.90 Å². The van der Waals surface area contributed by atoms with Gasteiger partial charge in [0, 0.05) is 27.5 Å². The van der Waals surface area contributed by atoms with E-state index >= 15 is 0 Å². The van der Waals surface area contributed by atoms with Gasteiger partial charge in [-0.05, 0) is 18.4 Å². The van der Waals surface area contributed by atoms with Gasteiger partial charge in [0.15, 0.2) is 0 Å². The summed E-state index contributed by atoms with van der Waals surface area (Å²) in [6, 6.07) is 7.98. The molecule has 0 amide bonds. The molecule has 0 saturated carbocycles. The Hall–Kier alpha value is -0.560. The van der Waals surface area contributed by atoms with Gasteiger partial charge in [-0.2, -0.15) is 0 Å². The lowest BCUT2D eigenvalue weighted by molar-refractivity contribution is 0.536. The Balaban J connectivity index is 2.50. The third-order valence-corrected chi connectivity index (χ3v) is 2.97. The van der Waals surface area contributed by atoms with Crippen LogP contribution in [0.5, 0.6) is 0 Å². The Morgan fingerprint density at radius 3 is 2.71 bits per heavy atom. The minimum absolute atomic E-state index is 0.563. The van der Waals surface area contributed by atoms with E-state index in [1.165, 1.54) is 0 Å². The molecule has 1 aromatic heterocycles. The standard InChI is InChI=1S/C9H7IN2OS/c1-14-7-5-3-2-4-6(7)8-11-12-9(10)13-8/h2-5H,1H3. The SMILES string of the molecule is CSc1ccccc1-c1nnc(I)o1. The quantitative estimate of drug-likeness (QED) is 0.630. The van der Waals surface area contributed by atoms with E-state index in [2.05, 4.69) is 10.2 Å². The van der Waals surface area contributed by atoms with Crippen LogP contribution in [0.2, 0.25) is 0 Å². The van der Waals surface area contributed by atoms with E-state index in [9.17, 15) is 0 Å². The number of hydrogen-bond donors (Lipinski definition) is 0. The molecule has 0 aliphatic heterocycles. The molecule has 0 fully saturated rings. The van der Waals surface area contributed by atoms with E-state index in [-0.39, 0.29) is 0 Å². The summed E-state index contributed by atoms with van der Waals surface area (Å²) < 4.78 is 5.93. The summed E-state index contributed by atoms with van der Waals surface area (Å²) >= 11 is 3.67. The van der Waals surface area contributed by atoms with Crippen molar-refractivity contribution in [1.82, 2.24) is 10.2 Å². The summed E-state index contributed by atoms with van der Waals surface area (Å²) in [5.74, 6) is 0.583. The maximum absolute atomic E-state index is 5.36. The molecule has 0 spiro atoms. The number of aromatic nitrogens is 2. The van der Waals surface area contributed by atoms with Crippen molar-refractivity contribution in [1.29, 1.82) is 0 Å². The van der Waals surface area contributed by atoms with E-state index in [0.717, 1.165) is 10.5 Å². The number of thioether (sulfide) groups is 1. The molecule has 1 aromatic carbocycles. The zero-order valence-electron chi connectivity index (χ0n) is 7.40. The third-order valence-electron chi connectivity index (χ3n) is 1.74. The molecule has 0 atom stereocenters. The van der Waals surface area contributed by atoms with Gasteiger partial charge in [0.2, 0.25) is 5.89 Å². The lowest BCUT2D eigenvalue weighted by Gasteiger charge is -2.00. The van der Waals surface area contributed by atoms with Crippen molar-refractivity contribution < 1.29 is 4.42 Å². The lowest BCUT2D eigenvalue weighted by atomic mass is 10.2. The Morgan fingerprint density at radius 1 is 1.29 bits per heavy atom. The second-order valence-corrected chi connectivity index (χ2v) is 4.33. The first-order valence-corrected chi connectivity index (χ1v) is 6.24. The lowest BCUT2D eigenvalue weighted by Crippen LogP contribution is -1.81. The van der Waals surface area contributed by atoms with E-state index in [1.807, 2.05) is 53.1 Å². The first-order chi connectivity index (χ1) is 6.81. The van der Waals surface area contributed by atoms with Crippen LogP contribution >= 0.6 is 34.4 Å². The van der Waals surface area contributed by atoms with Crippen molar-refractivity contribution >= 4 is 34.4 Å². The first kappa shape index (κ1) is 9.97. The van der Waals surface area contributed by atoms with E-state index in [0.29, 0.717) is 9.79 Å². The van der Waals surface area contributed by atoms with Crippen LogP contribution < -0.4 is 0 Å². The Kier molecular flexibility index (Phi) is 3.07. The molecule has 0 unspecified atom stereocenters. The zero-order chi connectivity index (χ0) is 9.97. The minimum atomic E-state index is 0.563. The smallest absolute Gasteiger partial charge is 0.278 e. The molecule has 0 saturated heterocycles. The number of halogens is 1. The first-order valence-electron chi connectivity index (χ1n) is 3.93. The Morgan fingerprint density at radius 2 is 2.07 bits per heavy atom. The van der Waals surface area contributed by atoms with Crippen molar-refractivity contribution in [2.24, 2.45) is 0 Å². The van der Waals surface area contributed by atoms with Gasteiger partial charge in [0.05, 0.1) is 5.56 Å². The summed E-state index contributed by atoms with van der Waals surface area (Å²) in [7, 11) is 0. The van der Waals surface area contributed by atoms with Crippen molar-refractivity contribution in [2.75, 3.05) is 6.26 Å². The van der Waals surface area contributed by atoms with Gasteiger partial charge in [-0.15, -0.1) is 22.0 Å². The highest BCUT2D eigenvalue weighted by molar-refractivity contribution is 14.1. The van der Waals surface area contributed by atoms with Crippen LogP contribution in [0.15, 0.2) is 33.6 Å². The third kappa shape index (κ3) is 1.93.